The highest BCUT2D eigenvalue weighted by Crippen LogP contribution is 2.26. The molecule has 2 amide bonds. The number of fused-ring (bicyclic) bond motifs is 1. The third kappa shape index (κ3) is 3.43. The van der Waals surface area contributed by atoms with Gasteiger partial charge in [-0.05, 0) is 56.4 Å². The zero-order valence-electron chi connectivity index (χ0n) is 14.7. The number of likely N-dealkylation sites (tertiary alicyclic amines) is 1. The van der Waals surface area contributed by atoms with Gasteiger partial charge in [-0.15, -0.1) is 0 Å². The molecule has 2 heterocycles. The summed E-state index contributed by atoms with van der Waals surface area (Å²) in [6, 6.07) is 4.57. The highest BCUT2D eigenvalue weighted by atomic mass is 16.4. The highest BCUT2D eigenvalue weighted by Gasteiger charge is 2.30. The summed E-state index contributed by atoms with van der Waals surface area (Å²) in [6.07, 6.45) is 2.53. The first-order valence-corrected chi connectivity index (χ1v) is 8.50. The van der Waals surface area contributed by atoms with E-state index in [9.17, 15) is 14.4 Å². The van der Waals surface area contributed by atoms with E-state index >= 15 is 0 Å². The molecule has 1 aromatic heterocycles. The molecule has 1 atom stereocenters. The molecule has 132 valence electrons. The summed E-state index contributed by atoms with van der Waals surface area (Å²) in [5.41, 5.74) is 2.39. The fraction of sp³-hybridized carbons (Fsp3) is 0.421. The summed E-state index contributed by atoms with van der Waals surface area (Å²) in [5.74, 6) is -0.250. The molecule has 1 aliphatic heterocycles. The Bertz CT molecular complexity index is 900. The average molecular weight is 342 g/mol. The molecule has 2 aromatic rings. The topological polar surface area (TPSA) is 79.6 Å². The van der Waals surface area contributed by atoms with Gasteiger partial charge in [0.15, 0.2) is 0 Å². The maximum Gasteiger partial charge on any atom is 0.336 e. The minimum atomic E-state index is -0.434. The van der Waals surface area contributed by atoms with E-state index in [-0.39, 0.29) is 17.4 Å². The minimum absolute atomic E-state index is 0.0762. The lowest BCUT2D eigenvalue weighted by Gasteiger charge is -2.34. The van der Waals surface area contributed by atoms with Gasteiger partial charge in [-0.25, -0.2) is 4.79 Å². The van der Waals surface area contributed by atoms with Gasteiger partial charge >= 0.3 is 5.63 Å². The van der Waals surface area contributed by atoms with Crippen LogP contribution in [0.2, 0.25) is 0 Å². The van der Waals surface area contributed by atoms with Crippen LogP contribution in [-0.2, 0) is 9.59 Å². The Morgan fingerprint density at radius 3 is 2.64 bits per heavy atom. The van der Waals surface area contributed by atoms with Crippen LogP contribution in [0.15, 0.2) is 27.4 Å². The zero-order chi connectivity index (χ0) is 18.1. The molecule has 0 aliphatic carbocycles. The second kappa shape index (κ2) is 6.70. The quantitative estimate of drug-likeness (QED) is 0.851. The van der Waals surface area contributed by atoms with E-state index in [0.29, 0.717) is 24.2 Å². The molecule has 0 radical (unpaired) electrons. The number of anilines is 1. The van der Waals surface area contributed by atoms with Crippen LogP contribution in [0.1, 0.15) is 37.3 Å². The van der Waals surface area contributed by atoms with Crippen molar-refractivity contribution >= 4 is 28.5 Å². The van der Waals surface area contributed by atoms with E-state index in [1.165, 1.54) is 13.0 Å². The molecule has 1 unspecified atom stereocenters. The monoisotopic (exact) mass is 342 g/mol. The van der Waals surface area contributed by atoms with Crippen LogP contribution in [0, 0.1) is 13.8 Å². The number of benzene rings is 1. The molecule has 0 bridgehead atoms. The summed E-state index contributed by atoms with van der Waals surface area (Å²) in [5, 5.41) is 3.73. The van der Waals surface area contributed by atoms with E-state index in [0.717, 1.165) is 29.4 Å². The number of carbonyl (C=O) groups excluding carboxylic acids is 2. The number of rotatable bonds is 2. The van der Waals surface area contributed by atoms with Gasteiger partial charge in [0, 0.05) is 30.6 Å². The summed E-state index contributed by atoms with van der Waals surface area (Å²) in [7, 11) is 0. The number of amides is 2. The molecule has 1 aromatic carbocycles. The van der Waals surface area contributed by atoms with Crippen LogP contribution in [-0.4, -0.2) is 29.3 Å². The largest absolute Gasteiger partial charge is 0.423 e. The third-order valence-corrected chi connectivity index (χ3v) is 4.76. The smallest absolute Gasteiger partial charge is 0.336 e. The first-order valence-electron chi connectivity index (χ1n) is 8.50. The van der Waals surface area contributed by atoms with E-state index in [2.05, 4.69) is 5.32 Å². The number of nitrogens with zero attached hydrogens (tertiary/aromatic N) is 1. The van der Waals surface area contributed by atoms with Crippen molar-refractivity contribution in [2.75, 3.05) is 11.9 Å². The van der Waals surface area contributed by atoms with Crippen molar-refractivity contribution in [3.05, 3.63) is 39.7 Å². The Morgan fingerprint density at radius 1 is 1.16 bits per heavy atom. The predicted molar refractivity (Wildman–Crippen MR) is 95.6 cm³/mol. The molecule has 0 spiro atoms. The molecule has 25 heavy (non-hydrogen) atoms. The second-order valence-corrected chi connectivity index (χ2v) is 6.62. The molecular formula is C19H22N2O4. The molecular weight excluding hydrogens is 320 g/mol. The normalized spacial score (nSPS) is 17.6. The van der Waals surface area contributed by atoms with Crippen molar-refractivity contribution in [2.24, 2.45) is 0 Å². The molecule has 1 aliphatic rings. The highest BCUT2D eigenvalue weighted by molar-refractivity contribution is 5.99. The summed E-state index contributed by atoms with van der Waals surface area (Å²) >= 11 is 0. The SMILES string of the molecule is CC(=O)N1CCCCC1C(=O)Nc1cc2c(C)cc(=O)oc2cc1C. The van der Waals surface area contributed by atoms with Crippen LogP contribution in [0.3, 0.4) is 0 Å². The van der Waals surface area contributed by atoms with Crippen molar-refractivity contribution in [1.29, 1.82) is 0 Å². The number of piperidine rings is 1. The number of carbonyl (C=O) groups is 2. The summed E-state index contributed by atoms with van der Waals surface area (Å²) < 4.78 is 5.23. The Balaban J connectivity index is 1.91. The van der Waals surface area contributed by atoms with Crippen LogP contribution < -0.4 is 10.9 Å². The molecule has 0 saturated carbocycles. The van der Waals surface area contributed by atoms with E-state index in [1.54, 1.807) is 11.0 Å². The predicted octanol–water partition coefficient (Wildman–Crippen LogP) is 2.75. The lowest BCUT2D eigenvalue weighted by molar-refractivity contribution is -0.138. The second-order valence-electron chi connectivity index (χ2n) is 6.62. The number of aryl methyl sites for hydroxylation is 2. The number of hydrogen-bond acceptors (Lipinski definition) is 4. The van der Waals surface area contributed by atoms with Gasteiger partial charge in [0.1, 0.15) is 11.6 Å². The van der Waals surface area contributed by atoms with Gasteiger partial charge in [0.2, 0.25) is 11.8 Å². The van der Waals surface area contributed by atoms with E-state index < -0.39 is 6.04 Å². The van der Waals surface area contributed by atoms with Gasteiger partial charge in [-0.2, -0.15) is 0 Å². The van der Waals surface area contributed by atoms with Crippen LogP contribution >= 0.6 is 0 Å². The zero-order valence-corrected chi connectivity index (χ0v) is 14.7. The first kappa shape index (κ1) is 17.2. The molecule has 1 saturated heterocycles. The van der Waals surface area contributed by atoms with Gasteiger partial charge < -0.3 is 14.6 Å². The lowest BCUT2D eigenvalue weighted by Crippen LogP contribution is -2.49. The van der Waals surface area contributed by atoms with Gasteiger partial charge in [0.25, 0.3) is 0 Å². The van der Waals surface area contributed by atoms with Gasteiger partial charge in [-0.1, -0.05) is 0 Å². The fourth-order valence-electron chi connectivity index (χ4n) is 3.40. The third-order valence-electron chi connectivity index (χ3n) is 4.76. The standard InChI is InChI=1S/C19H22N2O4/c1-11-9-18(23)25-17-8-12(2)15(10-14(11)17)20-19(24)16-6-4-5-7-21(16)13(3)22/h8-10,16H,4-7H2,1-3H3,(H,20,24). The fourth-order valence-corrected chi connectivity index (χ4v) is 3.40. The molecule has 1 fully saturated rings. The van der Waals surface area contributed by atoms with E-state index in [1.807, 2.05) is 19.9 Å². The van der Waals surface area contributed by atoms with Gasteiger partial charge in [0.05, 0.1) is 0 Å². The summed E-state index contributed by atoms with van der Waals surface area (Å²) in [6.45, 7) is 5.80. The van der Waals surface area contributed by atoms with Crippen molar-refractivity contribution in [2.45, 2.75) is 46.1 Å². The number of nitrogens with one attached hydrogen (secondary N) is 1. The Labute approximate surface area is 145 Å². The Hall–Kier alpha value is -2.63. The average Bonchev–Trinajstić information content (AvgIpc) is 2.56. The summed E-state index contributed by atoms with van der Waals surface area (Å²) in [4.78, 5) is 37.7. The first-order chi connectivity index (χ1) is 11.9. The lowest BCUT2D eigenvalue weighted by atomic mass is 10.0. The van der Waals surface area contributed by atoms with Crippen LogP contribution in [0.4, 0.5) is 5.69 Å². The van der Waals surface area contributed by atoms with Crippen LogP contribution in [0.5, 0.6) is 0 Å². The molecule has 6 heteroatoms. The van der Waals surface area contributed by atoms with E-state index in [4.69, 9.17) is 4.42 Å². The number of hydrogen-bond donors (Lipinski definition) is 1. The minimum Gasteiger partial charge on any atom is -0.423 e. The Morgan fingerprint density at radius 2 is 1.92 bits per heavy atom. The maximum absolute atomic E-state index is 12.7. The molecule has 3 rings (SSSR count). The van der Waals surface area contributed by atoms with Gasteiger partial charge in [-0.3, -0.25) is 9.59 Å². The maximum atomic E-state index is 12.7. The molecule has 1 N–H and O–H groups in total. The van der Waals surface area contributed by atoms with Crippen LogP contribution in [0.25, 0.3) is 11.0 Å². The Kier molecular flexibility index (Phi) is 4.61. The van der Waals surface area contributed by atoms with Crippen molar-refractivity contribution < 1.29 is 14.0 Å². The van der Waals surface area contributed by atoms with Crippen molar-refractivity contribution in [3.8, 4) is 0 Å². The van der Waals surface area contributed by atoms with Crippen molar-refractivity contribution in [1.82, 2.24) is 4.90 Å². The van der Waals surface area contributed by atoms with Crippen molar-refractivity contribution in [3.63, 3.8) is 0 Å². The molecule has 6 nitrogen and oxygen atoms in total.